The van der Waals surface area contributed by atoms with E-state index in [1.807, 2.05) is 31.2 Å². The molecule has 0 radical (unpaired) electrons. The summed E-state index contributed by atoms with van der Waals surface area (Å²) in [5.41, 5.74) is 0.459. The molecule has 0 spiro atoms. The normalized spacial score (nSPS) is 15.2. The smallest absolute Gasteiger partial charge is 0.420 e. The van der Waals surface area contributed by atoms with Gasteiger partial charge in [-0.2, -0.15) is 13.2 Å². The molecule has 7 heteroatoms. The minimum Gasteiger partial charge on any atom is -0.491 e. The van der Waals surface area contributed by atoms with Gasteiger partial charge in [-0.25, -0.2) is 0 Å². The number of rotatable bonds is 7. The van der Waals surface area contributed by atoms with E-state index < -0.39 is 17.2 Å². The predicted octanol–water partition coefficient (Wildman–Crippen LogP) is 4.71. The fourth-order valence-electron chi connectivity index (χ4n) is 3.09. The maximum Gasteiger partial charge on any atom is 0.420 e. The predicted molar refractivity (Wildman–Crippen MR) is 99.5 cm³/mol. The Kier molecular flexibility index (Phi) is 5.65. The van der Waals surface area contributed by atoms with Crippen LogP contribution < -0.4 is 10.1 Å². The zero-order valence-electron chi connectivity index (χ0n) is 15.7. The van der Waals surface area contributed by atoms with Crippen LogP contribution in [0.1, 0.15) is 29.5 Å². The molecule has 0 atom stereocenters. The van der Waals surface area contributed by atoms with Gasteiger partial charge in [0.15, 0.2) is 0 Å². The maximum atomic E-state index is 13.4. The van der Waals surface area contributed by atoms with Gasteiger partial charge in [-0.1, -0.05) is 29.8 Å². The van der Waals surface area contributed by atoms with Gasteiger partial charge in [0.1, 0.15) is 12.4 Å². The number of benzene rings is 2. The molecule has 1 aliphatic rings. The summed E-state index contributed by atoms with van der Waals surface area (Å²) in [6.07, 6.45) is -3.25. The first-order valence-corrected chi connectivity index (χ1v) is 8.98. The van der Waals surface area contributed by atoms with Crippen LogP contribution in [0.3, 0.4) is 0 Å². The van der Waals surface area contributed by atoms with E-state index in [2.05, 4.69) is 5.32 Å². The lowest BCUT2D eigenvalue weighted by atomic mass is 9.94. The molecule has 28 heavy (non-hydrogen) atoms. The Morgan fingerprint density at radius 2 is 1.79 bits per heavy atom. The molecular weight excluding hydrogens is 371 g/mol. The zero-order valence-corrected chi connectivity index (χ0v) is 15.7. The van der Waals surface area contributed by atoms with Crippen molar-refractivity contribution in [2.75, 3.05) is 25.6 Å². The lowest BCUT2D eigenvalue weighted by Crippen LogP contribution is -2.28. The first-order valence-electron chi connectivity index (χ1n) is 8.98. The maximum absolute atomic E-state index is 13.4. The van der Waals surface area contributed by atoms with E-state index in [0.717, 1.165) is 17.2 Å². The van der Waals surface area contributed by atoms with Crippen molar-refractivity contribution >= 4 is 11.6 Å². The molecule has 4 nitrogen and oxygen atoms in total. The Hall–Kier alpha value is -2.54. The van der Waals surface area contributed by atoms with Crippen LogP contribution in [0.15, 0.2) is 42.5 Å². The zero-order chi connectivity index (χ0) is 20.4. The van der Waals surface area contributed by atoms with E-state index in [9.17, 15) is 18.0 Å². The number of amides is 1. The van der Waals surface area contributed by atoms with Crippen molar-refractivity contribution in [2.45, 2.75) is 31.4 Å². The average Bonchev–Trinajstić information content (AvgIpc) is 3.45. The highest BCUT2D eigenvalue weighted by Gasteiger charge is 2.51. The summed E-state index contributed by atoms with van der Waals surface area (Å²) in [5.74, 6) is -0.584. The first-order chi connectivity index (χ1) is 13.3. The van der Waals surface area contributed by atoms with Crippen LogP contribution in [0.2, 0.25) is 0 Å². The van der Waals surface area contributed by atoms with Gasteiger partial charge >= 0.3 is 6.18 Å². The van der Waals surface area contributed by atoms with Gasteiger partial charge in [-0.05, 0) is 43.5 Å². The summed E-state index contributed by atoms with van der Waals surface area (Å²) in [6, 6.07) is 11.2. The number of anilines is 1. The number of hydrogen-bond acceptors (Lipinski definition) is 3. The van der Waals surface area contributed by atoms with Gasteiger partial charge in [0, 0.05) is 12.8 Å². The first kappa shape index (κ1) is 20.2. The van der Waals surface area contributed by atoms with E-state index in [1.54, 1.807) is 0 Å². The van der Waals surface area contributed by atoms with E-state index in [1.165, 1.54) is 19.2 Å². The fraction of sp³-hybridized carbons (Fsp3) is 0.381. The summed E-state index contributed by atoms with van der Waals surface area (Å²) in [4.78, 5) is 12.8. The minimum absolute atomic E-state index is 0.00181. The molecule has 0 aromatic heterocycles. The van der Waals surface area contributed by atoms with Crippen molar-refractivity contribution in [2.24, 2.45) is 0 Å². The Morgan fingerprint density at radius 3 is 2.36 bits per heavy atom. The van der Waals surface area contributed by atoms with Crippen LogP contribution in [-0.4, -0.2) is 26.2 Å². The van der Waals surface area contributed by atoms with E-state index in [4.69, 9.17) is 9.47 Å². The molecule has 1 amide bonds. The molecule has 0 bridgehead atoms. The van der Waals surface area contributed by atoms with E-state index in [0.29, 0.717) is 12.8 Å². The van der Waals surface area contributed by atoms with Crippen molar-refractivity contribution in [3.8, 4) is 5.75 Å². The number of aryl methyl sites for hydroxylation is 1. The molecule has 3 rings (SSSR count). The highest BCUT2D eigenvalue weighted by atomic mass is 19.4. The van der Waals surface area contributed by atoms with Crippen LogP contribution in [0.4, 0.5) is 18.9 Å². The van der Waals surface area contributed by atoms with Crippen LogP contribution in [0.25, 0.3) is 0 Å². The molecule has 0 heterocycles. The second-order valence-corrected chi connectivity index (χ2v) is 6.95. The lowest BCUT2D eigenvalue weighted by Gasteiger charge is -2.18. The SMILES string of the molecule is COCCOc1ccc(NC(=O)C2(c3ccc(C)cc3)CC2)cc1C(F)(F)F. The summed E-state index contributed by atoms with van der Waals surface area (Å²) in [5, 5.41) is 2.65. The molecule has 0 unspecified atom stereocenters. The van der Waals surface area contributed by atoms with Gasteiger partial charge in [-0.15, -0.1) is 0 Å². The van der Waals surface area contributed by atoms with Crippen LogP contribution in [0, 0.1) is 6.92 Å². The third kappa shape index (κ3) is 4.30. The number of carbonyl (C=O) groups is 1. The Bertz CT molecular complexity index is 843. The summed E-state index contributed by atoms with van der Waals surface area (Å²) in [7, 11) is 1.44. The van der Waals surface area contributed by atoms with Gasteiger partial charge < -0.3 is 14.8 Å². The van der Waals surface area contributed by atoms with E-state index >= 15 is 0 Å². The summed E-state index contributed by atoms with van der Waals surface area (Å²) < 4.78 is 50.2. The number of carbonyl (C=O) groups excluding carboxylic acids is 1. The number of hydrogen-bond donors (Lipinski definition) is 1. The Balaban J connectivity index is 1.80. The van der Waals surface area contributed by atoms with E-state index in [-0.39, 0.29) is 30.6 Å². The number of methoxy groups -OCH3 is 1. The topological polar surface area (TPSA) is 47.6 Å². The second-order valence-electron chi connectivity index (χ2n) is 6.95. The van der Waals surface area contributed by atoms with Crippen molar-refractivity contribution in [3.63, 3.8) is 0 Å². The van der Waals surface area contributed by atoms with Crippen molar-refractivity contribution in [3.05, 3.63) is 59.2 Å². The quantitative estimate of drug-likeness (QED) is 0.693. The summed E-state index contributed by atoms with van der Waals surface area (Å²) >= 11 is 0. The molecule has 2 aromatic carbocycles. The van der Waals surface area contributed by atoms with Crippen molar-refractivity contribution in [1.29, 1.82) is 0 Å². The third-order valence-electron chi connectivity index (χ3n) is 4.88. The molecule has 0 aliphatic heterocycles. The number of nitrogens with one attached hydrogen (secondary N) is 1. The van der Waals surface area contributed by atoms with Gasteiger partial charge in [-0.3, -0.25) is 4.79 Å². The van der Waals surface area contributed by atoms with Gasteiger partial charge in [0.25, 0.3) is 0 Å². The highest BCUT2D eigenvalue weighted by Crippen LogP contribution is 2.49. The monoisotopic (exact) mass is 393 g/mol. The molecule has 0 saturated heterocycles. The average molecular weight is 393 g/mol. The molecule has 1 saturated carbocycles. The fourth-order valence-corrected chi connectivity index (χ4v) is 3.09. The molecular formula is C21H22F3NO3. The highest BCUT2D eigenvalue weighted by molar-refractivity contribution is 6.01. The Morgan fingerprint density at radius 1 is 1.11 bits per heavy atom. The lowest BCUT2D eigenvalue weighted by molar-refractivity contribution is -0.139. The molecule has 150 valence electrons. The summed E-state index contributed by atoms with van der Waals surface area (Å²) in [6.45, 7) is 2.13. The van der Waals surface area contributed by atoms with Crippen LogP contribution in [-0.2, 0) is 21.1 Å². The third-order valence-corrected chi connectivity index (χ3v) is 4.88. The second kappa shape index (κ2) is 7.83. The van der Waals surface area contributed by atoms with Crippen molar-refractivity contribution in [1.82, 2.24) is 0 Å². The largest absolute Gasteiger partial charge is 0.491 e. The Labute approximate surface area is 161 Å². The molecule has 2 aromatic rings. The molecule has 1 aliphatic carbocycles. The standard InChI is InChI=1S/C21H22F3NO3/c1-14-3-5-15(6-4-14)20(9-10-20)19(26)25-16-7-8-18(28-12-11-27-2)17(13-16)21(22,23)24/h3-8,13H,9-12H2,1-2H3,(H,25,26). The van der Waals surface area contributed by atoms with Crippen molar-refractivity contribution < 1.29 is 27.4 Å². The van der Waals surface area contributed by atoms with Gasteiger partial charge in [0.2, 0.25) is 5.91 Å². The number of halogens is 3. The molecule has 1 N–H and O–H groups in total. The molecule has 1 fully saturated rings. The van der Waals surface area contributed by atoms with Crippen LogP contribution >= 0.6 is 0 Å². The number of alkyl halides is 3. The van der Waals surface area contributed by atoms with Gasteiger partial charge in [0.05, 0.1) is 17.6 Å². The van der Waals surface area contributed by atoms with Crippen LogP contribution in [0.5, 0.6) is 5.75 Å². The number of ether oxygens (including phenoxy) is 2. The minimum atomic E-state index is -4.60.